The maximum absolute atomic E-state index is 4.54. The molecule has 2 nitrogen and oxygen atoms in total. The predicted octanol–water partition coefficient (Wildman–Crippen LogP) is 4.47. The van der Waals surface area contributed by atoms with Crippen molar-refractivity contribution in [1.82, 2.24) is 9.78 Å². The first-order chi connectivity index (χ1) is 8.78. The Balaban J connectivity index is 1.88. The standard InChI is InChI=1S/C14H14Br2N2/c15-7-12-8-17-18(14(12)11-3-4-11)9-10-1-5-13(16)6-2-10/h1-2,5-6,8,11H,3-4,7,9H2. The smallest absolute Gasteiger partial charge is 0.0662 e. The zero-order valence-electron chi connectivity index (χ0n) is 9.94. The summed E-state index contributed by atoms with van der Waals surface area (Å²) in [7, 11) is 0. The van der Waals surface area contributed by atoms with E-state index in [0.717, 1.165) is 22.3 Å². The van der Waals surface area contributed by atoms with Crippen molar-refractivity contribution in [2.45, 2.75) is 30.6 Å². The van der Waals surface area contributed by atoms with Gasteiger partial charge in [-0.05, 0) is 30.5 Å². The monoisotopic (exact) mass is 368 g/mol. The molecule has 0 unspecified atom stereocenters. The molecule has 1 saturated carbocycles. The van der Waals surface area contributed by atoms with Gasteiger partial charge in [0.05, 0.1) is 12.7 Å². The first kappa shape index (κ1) is 12.4. The van der Waals surface area contributed by atoms with Crippen molar-refractivity contribution in [3.8, 4) is 0 Å². The maximum atomic E-state index is 4.54. The number of nitrogens with zero attached hydrogens (tertiary/aromatic N) is 2. The maximum Gasteiger partial charge on any atom is 0.0662 e. The van der Waals surface area contributed by atoms with Crippen LogP contribution in [0.2, 0.25) is 0 Å². The first-order valence-corrected chi connectivity index (χ1v) is 8.04. The normalized spacial score (nSPS) is 15.0. The Hall–Kier alpha value is -0.610. The largest absolute Gasteiger partial charge is 0.265 e. The minimum atomic E-state index is 0.732. The zero-order valence-corrected chi connectivity index (χ0v) is 13.1. The van der Waals surface area contributed by atoms with Gasteiger partial charge < -0.3 is 0 Å². The van der Waals surface area contributed by atoms with E-state index in [-0.39, 0.29) is 0 Å². The molecule has 94 valence electrons. The quantitative estimate of drug-likeness (QED) is 0.727. The van der Waals surface area contributed by atoms with Crippen LogP contribution in [0.3, 0.4) is 0 Å². The van der Waals surface area contributed by atoms with E-state index in [4.69, 9.17) is 0 Å². The summed E-state index contributed by atoms with van der Waals surface area (Å²) in [5.74, 6) is 0.732. The summed E-state index contributed by atoms with van der Waals surface area (Å²) in [4.78, 5) is 0. The summed E-state index contributed by atoms with van der Waals surface area (Å²) in [5.41, 5.74) is 4.06. The van der Waals surface area contributed by atoms with Gasteiger partial charge in [-0.25, -0.2) is 0 Å². The second kappa shape index (κ2) is 5.17. The lowest BCUT2D eigenvalue weighted by molar-refractivity contribution is 0.645. The van der Waals surface area contributed by atoms with E-state index in [1.165, 1.54) is 29.7 Å². The fourth-order valence-corrected chi connectivity index (χ4v) is 2.95. The molecule has 0 aliphatic heterocycles. The van der Waals surface area contributed by atoms with Crippen LogP contribution in [0.25, 0.3) is 0 Å². The van der Waals surface area contributed by atoms with Crippen LogP contribution in [0.15, 0.2) is 34.9 Å². The number of hydrogen-bond donors (Lipinski definition) is 0. The van der Waals surface area contributed by atoms with Crippen LogP contribution in [-0.4, -0.2) is 9.78 Å². The van der Waals surface area contributed by atoms with Gasteiger partial charge in [0.2, 0.25) is 0 Å². The van der Waals surface area contributed by atoms with Gasteiger partial charge in [0, 0.05) is 27.0 Å². The van der Waals surface area contributed by atoms with Gasteiger partial charge in [0.1, 0.15) is 0 Å². The van der Waals surface area contributed by atoms with E-state index in [1.807, 2.05) is 6.20 Å². The molecule has 1 aromatic carbocycles. The molecule has 1 aromatic heterocycles. The third-order valence-electron chi connectivity index (χ3n) is 3.31. The molecule has 1 heterocycles. The highest BCUT2D eigenvalue weighted by Gasteiger charge is 2.29. The predicted molar refractivity (Wildman–Crippen MR) is 80.1 cm³/mol. The topological polar surface area (TPSA) is 17.8 Å². The number of benzene rings is 1. The number of aromatic nitrogens is 2. The minimum absolute atomic E-state index is 0.732. The Morgan fingerprint density at radius 1 is 1.22 bits per heavy atom. The van der Waals surface area contributed by atoms with E-state index in [2.05, 4.69) is 65.9 Å². The van der Waals surface area contributed by atoms with Crippen LogP contribution in [0.1, 0.15) is 35.6 Å². The van der Waals surface area contributed by atoms with Crippen molar-refractivity contribution >= 4 is 31.9 Å². The molecule has 0 amide bonds. The molecule has 0 saturated heterocycles. The summed E-state index contributed by atoms with van der Waals surface area (Å²) in [6, 6.07) is 8.47. The lowest BCUT2D eigenvalue weighted by Gasteiger charge is -2.08. The third-order valence-corrected chi connectivity index (χ3v) is 4.45. The first-order valence-electron chi connectivity index (χ1n) is 6.13. The van der Waals surface area contributed by atoms with E-state index in [9.17, 15) is 0 Å². The molecule has 2 aromatic rings. The molecule has 1 aliphatic carbocycles. The lowest BCUT2D eigenvalue weighted by Crippen LogP contribution is -2.06. The Kier molecular flexibility index (Phi) is 3.57. The molecule has 0 spiro atoms. The van der Waals surface area contributed by atoms with Crippen molar-refractivity contribution in [1.29, 1.82) is 0 Å². The van der Waals surface area contributed by atoms with E-state index < -0.39 is 0 Å². The van der Waals surface area contributed by atoms with Gasteiger partial charge in [-0.3, -0.25) is 4.68 Å². The van der Waals surface area contributed by atoms with Gasteiger partial charge in [-0.1, -0.05) is 44.0 Å². The van der Waals surface area contributed by atoms with Crippen LogP contribution < -0.4 is 0 Å². The van der Waals surface area contributed by atoms with Gasteiger partial charge in [0.15, 0.2) is 0 Å². The summed E-state index contributed by atoms with van der Waals surface area (Å²) >= 11 is 7.02. The zero-order chi connectivity index (χ0) is 12.5. The second-order valence-corrected chi connectivity index (χ2v) is 6.22. The SMILES string of the molecule is BrCc1cnn(Cc2ccc(Br)cc2)c1C1CC1. The molecule has 18 heavy (non-hydrogen) atoms. The van der Waals surface area contributed by atoms with Gasteiger partial charge in [0.25, 0.3) is 0 Å². The molecule has 0 N–H and O–H groups in total. The summed E-state index contributed by atoms with van der Waals surface area (Å²) < 4.78 is 3.28. The van der Waals surface area contributed by atoms with Gasteiger partial charge in [-0.15, -0.1) is 0 Å². The van der Waals surface area contributed by atoms with Crippen LogP contribution in [0.4, 0.5) is 0 Å². The van der Waals surface area contributed by atoms with Crippen molar-refractivity contribution in [3.63, 3.8) is 0 Å². The van der Waals surface area contributed by atoms with Gasteiger partial charge >= 0.3 is 0 Å². The fourth-order valence-electron chi connectivity index (χ4n) is 2.25. The molecule has 0 atom stereocenters. The molecule has 4 heteroatoms. The fraction of sp³-hybridized carbons (Fsp3) is 0.357. The minimum Gasteiger partial charge on any atom is -0.265 e. The average Bonchev–Trinajstić information content (AvgIpc) is 3.14. The molecule has 3 rings (SSSR count). The van der Waals surface area contributed by atoms with Crippen LogP contribution >= 0.6 is 31.9 Å². The molecule has 0 radical (unpaired) electrons. The van der Waals surface area contributed by atoms with Gasteiger partial charge in [-0.2, -0.15) is 5.10 Å². The van der Waals surface area contributed by atoms with Crippen molar-refractivity contribution < 1.29 is 0 Å². The molecule has 0 bridgehead atoms. The molecule has 1 fully saturated rings. The Morgan fingerprint density at radius 2 is 1.94 bits per heavy atom. The average molecular weight is 370 g/mol. The van der Waals surface area contributed by atoms with E-state index >= 15 is 0 Å². The highest BCUT2D eigenvalue weighted by Crippen LogP contribution is 2.42. The number of rotatable bonds is 4. The number of hydrogen-bond acceptors (Lipinski definition) is 1. The molecular weight excluding hydrogens is 356 g/mol. The Labute approximate surface area is 124 Å². The Morgan fingerprint density at radius 3 is 2.56 bits per heavy atom. The summed E-state index contributed by atoms with van der Waals surface area (Å²) in [6.07, 6.45) is 4.62. The summed E-state index contributed by atoms with van der Waals surface area (Å²) in [5, 5.41) is 5.44. The van der Waals surface area contributed by atoms with Crippen LogP contribution in [0.5, 0.6) is 0 Å². The van der Waals surface area contributed by atoms with Crippen molar-refractivity contribution in [2.75, 3.05) is 0 Å². The summed E-state index contributed by atoms with van der Waals surface area (Å²) in [6.45, 7) is 0.867. The number of alkyl halides is 1. The van der Waals surface area contributed by atoms with Crippen molar-refractivity contribution in [2.24, 2.45) is 0 Å². The van der Waals surface area contributed by atoms with Crippen molar-refractivity contribution in [3.05, 3.63) is 51.8 Å². The van der Waals surface area contributed by atoms with Crippen LogP contribution in [0, 0.1) is 0 Å². The second-order valence-electron chi connectivity index (χ2n) is 4.75. The number of halogens is 2. The van der Waals surface area contributed by atoms with E-state index in [1.54, 1.807) is 0 Å². The third kappa shape index (κ3) is 2.54. The molecular formula is C14H14Br2N2. The molecule has 1 aliphatic rings. The van der Waals surface area contributed by atoms with Crippen LogP contribution in [-0.2, 0) is 11.9 Å². The highest BCUT2D eigenvalue weighted by molar-refractivity contribution is 9.10. The highest BCUT2D eigenvalue weighted by atomic mass is 79.9. The lowest BCUT2D eigenvalue weighted by atomic mass is 10.2. The Bertz CT molecular complexity index is 541. The van der Waals surface area contributed by atoms with E-state index in [0.29, 0.717) is 0 Å².